The summed E-state index contributed by atoms with van der Waals surface area (Å²) in [4.78, 5) is 4.73. The monoisotopic (exact) mass is 183 g/mol. The Morgan fingerprint density at radius 1 is 1.67 bits per heavy atom. The molecule has 2 heterocycles. The molecule has 1 N–H and O–H groups in total. The van der Waals surface area contributed by atoms with Gasteiger partial charge in [0, 0.05) is 12.6 Å². The predicted octanol–water partition coefficient (Wildman–Crippen LogP) is 1.48. The van der Waals surface area contributed by atoms with Crippen molar-refractivity contribution in [2.75, 3.05) is 6.61 Å². The molecule has 1 unspecified atom stereocenters. The van der Waals surface area contributed by atoms with E-state index in [-0.39, 0.29) is 0 Å². The summed E-state index contributed by atoms with van der Waals surface area (Å²) in [5, 5.41) is 9.69. The fourth-order valence-corrected chi connectivity index (χ4v) is 1.74. The summed E-state index contributed by atoms with van der Waals surface area (Å²) in [5.41, 5.74) is 1.70. The first-order chi connectivity index (χ1) is 5.88. The van der Waals surface area contributed by atoms with Crippen LogP contribution in [0.5, 0.6) is 0 Å². The van der Waals surface area contributed by atoms with E-state index >= 15 is 0 Å². The minimum Gasteiger partial charge on any atom is -0.495 e. The van der Waals surface area contributed by atoms with Crippen molar-refractivity contribution in [3.8, 4) is 0 Å². The van der Waals surface area contributed by atoms with Crippen molar-refractivity contribution in [3.63, 3.8) is 0 Å². The van der Waals surface area contributed by atoms with Crippen LogP contribution in [-0.2, 0) is 4.74 Å². The number of aliphatic hydroxyl groups is 1. The zero-order valence-electron chi connectivity index (χ0n) is 6.43. The lowest BCUT2D eigenvalue weighted by Gasteiger charge is -2.08. The van der Waals surface area contributed by atoms with Crippen LogP contribution in [0.15, 0.2) is 23.5 Å². The van der Waals surface area contributed by atoms with E-state index in [0.29, 0.717) is 12.4 Å². The summed E-state index contributed by atoms with van der Waals surface area (Å²) in [6.07, 6.45) is 3.87. The Kier molecular flexibility index (Phi) is 2.10. The molecule has 4 heteroatoms. The van der Waals surface area contributed by atoms with Gasteiger partial charge in [-0.2, -0.15) is 0 Å². The highest BCUT2D eigenvalue weighted by molar-refractivity contribution is 7.09. The van der Waals surface area contributed by atoms with Gasteiger partial charge in [-0.25, -0.2) is 0 Å². The molecule has 0 radical (unpaired) electrons. The van der Waals surface area contributed by atoms with Gasteiger partial charge < -0.3 is 9.84 Å². The van der Waals surface area contributed by atoms with Crippen molar-refractivity contribution in [1.82, 2.24) is 4.98 Å². The van der Waals surface area contributed by atoms with E-state index in [1.54, 1.807) is 11.7 Å². The first-order valence-electron chi connectivity index (χ1n) is 3.77. The van der Waals surface area contributed by atoms with Crippen LogP contribution in [0.4, 0.5) is 0 Å². The number of nitrogens with zero attached hydrogens (tertiary/aromatic N) is 1. The second-order valence-electron chi connectivity index (χ2n) is 2.55. The second kappa shape index (κ2) is 3.25. The molecular weight excluding hydrogens is 174 g/mol. The third kappa shape index (κ3) is 1.35. The minimum atomic E-state index is -0.611. The average Bonchev–Trinajstić information content (AvgIpc) is 2.77. The molecule has 0 aliphatic carbocycles. The summed E-state index contributed by atoms with van der Waals surface area (Å²) >= 11 is 1.44. The van der Waals surface area contributed by atoms with Crippen molar-refractivity contribution in [2.45, 2.75) is 12.5 Å². The summed E-state index contributed by atoms with van der Waals surface area (Å²) in [7, 11) is 0. The molecule has 1 aliphatic heterocycles. The number of rotatable bonds is 2. The van der Waals surface area contributed by atoms with Gasteiger partial charge >= 0.3 is 0 Å². The quantitative estimate of drug-likeness (QED) is 0.755. The third-order valence-electron chi connectivity index (χ3n) is 1.72. The standard InChI is InChI=1S/C8H9NO2S/c10-8(6-2-1-3-11-6)7-4-9-5-12-7/h2,4-5,8,10H,1,3H2. The third-order valence-corrected chi connectivity index (χ3v) is 2.55. The predicted molar refractivity (Wildman–Crippen MR) is 45.7 cm³/mol. The van der Waals surface area contributed by atoms with Gasteiger partial charge in [0.2, 0.25) is 0 Å². The molecule has 0 saturated heterocycles. The first-order valence-corrected chi connectivity index (χ1v) is 4.65. The Morgan fingerprint density at radius 3 is 3.17 bits per heavy atom. The molecule has 0 amide bonds. The molecule has 64 valence electrons. The average molecular weight is 183 g/mol. The summed E-state index contributed by atoms with van der Waals surface area (Å²) in [6.45, 7) is 0.686. The van der Waals surface area contributed by atoms with Gasteiger partial charge in [0.25, 0.3) is 0 Å². The van der Waals surface area contributed by atoms with Gasteiger partial charge in [0.1, 0.15) is 11.9 Å². The van der Waals surface area contributed by atoms with Gasteiger partial charge in [-0.05, 0) is 6.08 Å². The molecule has 2 rings (SSSR count). The molecular formula is C8H9NO2S. The van der Waals surface area contributed by atoms with Gasteiger partial charge in [0.15, 0.2) is 0 Å². The molecule has 1 aliphatic rings. The molecule has 1 aromatic heterocycles. The number of ether oxygens (including phenoxy) is 1. The van der Waals surface area contributed by atoms with Gasteiger partial charge in [0.05, 0.1) is 17.0 Å². The summed E-state index contributed by atoms with van der Waals surface area (Å²) < 4.78 is 5.23. The Hall–Kier alpha value is -0.870. The first kappa shape index (κ1) is 7.76. The van der Waals surface area contributed by atoms with Crippen LogP contribution in [-0.4, -0.2) is 16.7 Å². The number of hydrogen-bond donors (Lipinski definition) is 1. The lowest BCUT2D eigenvalue weighted by atomic mass is 10.2. The highest BCUT2D eigenvalue weighted by atomic mass is 32.1. The van der Waals surface area contributed by atoms with E-state index in [1.807, 2.05) is 6.08 Å². The number of aliphatic hydroxyl groups excluding tert-OH is 1. The van der Waals surface area contributed by atoms with Crippen LogP contribution >= 0.6 is 11.3 Å². The Morgan fingerprint density at radius 2 is 2.58 bits per heavy atom. The van der Waals surface area contributed by atoms with Crippen LogP contribution < -0.4 is 0 Å². The Bertz CT molecular complexity index is 281. The number of thiazole rings is 1. The summed E-state index contributed by atoms with van der Waals surface area (Å²) in [5.74, 6) is 0.666. The molecule has 3 nitrogen and oxygen atoms in total. The van der Waals surface area contributed by atoms with Crippen LogP contribution in [0.3, 0.4) is 0 Å². The van der Waals surface area contributed by atoms with Crippen LogP contribution in [0, 0.1) is 0 Å². The topological polar surface area (TPSA) is 42.4 Å². The molecule has 1 aromatic rings. The minimum absolute atomic E-state index is 0.611. The van der Waals surface area contributed by atoms with Crippen molar-refractivity contribution < 1.29 is 9.84 Å². The molecule has 0 fully saturated rings. The van der Waals surface area contributed by atoms with Crippen molar-refractivity contribution in [1.29, 1.82) is 0 Å². The maximum atomic E-state index is 9.69. The van der Waals surface area contributed by atoms with Gasteiger partial charge in [-0.1, -0.05) is 0 Å². The Labute approximate surface area is 74.3 Å². The number of hydrogen-bond acceptors (Lipinski definition) is 4. The second-order valence-corrected chi connectivity index (χ2v) is 3.47. The lowest BCUT2D eigenvalue weighted by Crippen LogP contribution is -1.99. The Balaban J connectivity index is 2.14. The SMILES string of the molecule is OC(C1=CCCO1)c1cncs1. The molecule has 12 heavy (non-hydrogen) atoms. The molecule has 1 atom stereocenters. The summed E-state index contributed by atoms with van der Waals surface area (Å²) in [6, 6.07) is 0. The highest BCUT2D eigenvalue weighted by Crippen LogP contribution is 2.27. The smallest absolute Gasteiger partial charge is 0.146 e. The van der Waals surface area contributed by atoms with E-state index in [2.05, 4.69) is 4.98 Å². The zero-order valence-corrected chi connectivity index (χ0v) is 7.25. The highest BCUT2D eigenvalue weighted by Gasteiger charge is 2.18. The largest absolute Gasteiger partial charge is 0.495 e. The molecule has 0 aromatic carbocycles. The fraction of sp³-hybridized carbons (Fsp3) is 0.375. The van der Waals surface area contributed by atoms with E-state index in [1.165, 1.54) is 11.3 Å². The van der Waals surface area contributed by atoms with E-state index in [9.17, 15) is 5.11 Å². The normalized spacial score (nSPS) is 18.6. The maximum absolute atomic E-state index is 9.69. The van der Waals surface area contributed by atoms with Crippen LogP contribution in [0.2, 0.25) is 0 Å². The molecule has 0 saturated carbocycles. The zero-order chi connectivity index (χ0) is 8.39. The van der Waals surface area contributed by atoms with Crippen molar-refractivity contribution in [3.05, 3.63) is 28.4 Å². The van der Waals surface area contributed by atoms with E-state index in [0.717, 1.165) is 11.3 Å². The van der Waals surface area contributed by atoms with Crippen molar-refractivity contribution >= 4 is 11.3 Å². The van der Waals surface area contributed by atoms with Gasteiger partial charge in [-0.3, -0.25) is 4.98 Å². The molecule has 0 bridgehead atoms. The van der Waals surface area contributed by atoms with Crippen LogP contribution in [0.1, 0.15) is 17.4 Å². The maximum Gasteiger partial charge on any atom is 0.146 e. The fourth-order valence-electron chi connectivity index (χ4n) is 1.13. The van der Waals surface area contributed by atoms with E-state index < -0.39 is 6.10 Å². The number of aromatic nitrogens is 1. The van der Waals surface area contributed by atoms with E-state index in [4.69, 9.17) is 4.74 Å². The van der Waals surface area contributed by atoms with Crippen LogP contribution in [0.25, 0.3) is 0 Å². The lowest BCUT2D eigenvalue weighted by molar-refractivity contribution is 0.121. The molecule has 0 spiro atoms. The van der Waals surface area contributed by atoms with Gasteiger partial charge in [-0.15, -0.1) is 11.3 Å². The van der Waals surface area contributed by atoms with Crippen molar-refractivity contribution in [2.24, 2.45) is 0 Å².